The molecule has 2 aliphatic rings. The van der Waals surface area contributed by atoms with Crippen molar-refractivity contribution in [2.75, 3.05) is 26.4 Å². The zero-order valence-electron chi connectivity index (χ0n) is 31.9. The predicted molar refractivity (Wildman–Crippen MR) is 229 cm³/mol. The summed E-state index contributed by atoms with van der Waals surface area (Å²) in [5.74, 6) is 2.72. The summed E-state index contributed by atoms with van der Waals surface area (Å²) in [4.78, 5) is 13.8. The zero-order chi connectivity index (χ0) is 39.5. The van der Waals surface area contributed by atoms with Gasteiger partial charge in [-0.05, 0) is 155 Å². The molecule has 5 rings (SSSR count). The van der Waals surface area contributed by atoms with E-state index in [-0.39, 0.29) is 22.7 Å². The highest BCUT2D eigenvalue weighted by Crippen LogP contribution is 2.40. The van der Waals surface area contributed by atoms with Crippen LogP contribution in [-0.2, 0) is 24.4 Å². The largest absolute Gasteiger partial charge is 0.871 e. The van der Waals surface area contributed by atoms with Crippen molar-refractivity contribution in [1.82, 2.24) is 0 Å². The molecule has 0 radical (unpaired) electrons. The third-order valence-electron chi connectivity index (χ3n) is 8.80. The normalized spacial score (nSPS) is 16.7. The number of benzene rings is 2. The second kappa shape index (κ2) is 17.7. The van der Waals surface area contributed by atoms with Gasteiger partial charge < -0.3 is 19.3 Å². The van der Waals surface area contributed by atoms with Crippen LogP contribution in [0.2, 0.25) is 0 Å². The number of allylic oxidation sites excluding steroid dienone is 6. The summed E-state index contributed by atoms with van der Waals surface area (Å²) >= 11 is 14.3. The summed E-state index contributed by atoms with van der Waals surface area (Å²) < 4.78 is 28.6. The fraction of sp³-hybridized carbons (Fsp3) is 0.364. The first-order chi connectivity index (χ1) is 25.3. The van der Waals surface area contributed by atoms with E-state index in [1.807, 2.05) is 60.7 Å². The number of ketones is 1. The number of carbonyl (C=O) groups excluding carboxylic acids is 1. The van der Waals surface area contributed by atoms with Gasteiger partial charge in [0.25, 0.3) is 0 Å². The molecule has 2 aromatic carbocycles. The highest BCUT2D eigenvalue weighted by atomic mass is 79.9. The average molecular weight is 990 g/mol. The number of hydrogen-bond donors (Lipinski definition) is 0. The van der Waals surface area contributed by atoms with E-state index in [1.165, 1.54) is 0 Å². The molecule has 10 heteroatoms. The topological polar surface area (TPSA) is 79.1 Å². The molecule has 2 heterocycles. The molecular formula is C44H46Br4O6. The van der Waals surface area contributed by atoms with E-state index in [0.29, 0.717) is 72.4 Å². The predicted octanol–water partition coefficient (Wildman–Crippen LogP) is 12.4. The Hall–Kier alpha value is -2.60. The van der Waals surface area contributed by atoms with Crippen LogP contribution in [0.4, 0.5) is 0 Å². The number of rotatable bonds is 14. The molecule has 0 fully saturated rings. The Morgan fingerprint density at radius 3 is 1.91 bits per heavy atom. The van der Waals surface area contributed by atoms with E-state index in [0.717, 1.165) is 29.0 Å². The van der Waals surface area contributed by atoms with E-state index < -0.39 is 10.8 Å². The minimum Gasteiger partial charge on any atom is -0.871 e. The SMILES string of the molecule is CC(C)COCC(C)(C)C1=CC(=CC2=C([O-])C(=Cc3cc(-c4ccc(Br)c(Br)c4)[o+]c(C(C)(C)COCC(C)C)c3)C2=O)C=C(c2ccc(Br)c(Br)c2)O1. The zero-order valence-corrected chi connectivity index (χ0v) is 38.2. The summed E-state index contributed by atoms with van der Waals surface area (Å²) in [7, 11) is 0. The lowest BCUT2D eigenvalue weighted by Crippen LogP contribution is -2.29. The van der Waals surface area contributed by atoms with Crippen molar-refractivity contribution < 1.29 is 28.5 Å². The molecule has 1 aromatic heterocycles. The minimum absolute atomic E-state index is 0.121. The van der Waals surface area contributed by atoms with Crippen molar-refractivity contribution in [2.24, 2.45) is 17.3 Å². The summed E-state index contributed by atoms with van der Waals surface area (Å²) in [6.07, 6.45) is 7.07. The second-order valence-corrected chi connectivity index (χ2v) is 19.3. The van der Waals surface area contributed by atoms with Crippen LogP contribution < -0.4 is 5.11 Å². The van der Waals surface area contributed by atoms with Crippen LogP contribution in [0.15, 0.2) is 117 Å². The van der Waals surface area contributed by atoms with E-state index >= 15 is 0 Å². The minimum atomic E-state index is -0.491. The Labute approximate surface area is 353 Å². The molecule has 0 unspecified atom stereocenters. The Kier molecular flexibility index (Phi) is 13.9. The number of ether oxygens (including phenoxy) is 3. The van der Waals surface area contributed by atoms with Crippen LogP contribution in [0.3, 0.4) is 0 Å². The first kappa shape index (κ1) is 42.5. The Bertz CT molecular complexity index is 2080. The maximum Gasteiger partial charge on any atom is 0.360 e. The Balaban J connectivity index is 1.55. The van der Waals surface area contributed by atoms with Crippen LogP contribution in [0.1, 0.15) is 72.3 Å². The van der Waals surface area contributed by atoms with Gasteiger partial charge >= 0.3 is 11.5 Å². The van der Waals surface area contributed by atoms with E-state index in [9.17, 15) is 9.90 Å². The second-order valence-electron chi connectivity index (χ2n) is 15.9. The third-order valence-corrected chi connectivity index (χ3v) is 12.6. The average Bonchev–Trinajstić information content (AvgIpc) is 3.11. The molecule has 1 aliphatic heterocycles. The molecular weight excluding hydrogens is 944 g/mol. The third kappa shape index (κ3) is 10.4. The van der Waals surface area contributed by atoms with E-state index in [1.54, 1.807) is 12.2 Å². The molecule has 0 bridgehead atoms. The van der Waals surface area contributed by atoms with Crippen molar-refractivity contribution in [1.29, 1.82) is 0 Å². The monoisotopic (exact) mass is 986 g/mol. The van der Waals surface area contributed by atoms with Crippen molar-refractivity contribution in [3.05, 3.63) is 130 Å². The van der Waals surface area contributed by atoms with Crippen molar-refractivity contribution >= 4 is 81.3 Å². The lowest BCUT2D eigenvalue weighted by atomic mass is 9.84. The highest BCUT2D eigenvalue weighted by Gasteiger charge is 2.36. The maximum absolute atomic E-state index is 13.8. The van der Waals surface area contributed by atoms with Gasteiger partial charge in [-0.15, -0.1) is 0 Å². The Morgan fingerprint density at radius 2 is 1.33 bits per heavy atom. The molecule has 0 amide bonds. The van der Waals surface area contributed by atoms with Crippen molar-refractivity contribution in [3.63, 3.8) is 0 Å². The number of carbonyl (C=O) groups is 1. The van der Waals surface area contributed by atoms with Crippen molar-refractivity contribution in [3.8, 4) is 11.3 Å². The highest BCUT2D eigenvalue weighted by molar-refractivity contribution is 9.13. The van der Waals surface area contributed by atoms with Gasteiger partial charge in [-0.3, -0.25) is 4.79 Å². The van der Waals surface area contributed by atoms with Crippen LogP contribution in [-0.4, -0.2) is 32.2 Å². The first-order valence-corrected chi connectivity index (χ1v) is 21.1. The number of halogens is 4. The molecule has 54 heavy (non-hydrogen) atoms. The maximum atomic E-state index is 13.8. The van der Waals surface area contributed by atoms with Crippen LogP contribution in [0.25, 0.3) is 23.2 Å². The summed E-state index contributed by atoms with van der Waals surface area (Å²) in [5.41, 5.74) is 2.31. The van der Waals surface area contributed by atoms with E-state index in [2.05, 4.69) is 119 Å². The molecule has 286 valence electrons. The molecule has 6 nitrogen and oxygen atoms in total. The number of Topliss-reactive ketones (excluding diaryl/α,β-unsaturated/α-hetero) is 1. The molecule has 0 saturated heterocycles. The molecule has 1 aliphatic carbocycles. The molecule has 3 aromatic rings. The van der Waals surface area contributed by atoms with Crippen LogP contribution in [0.5, 0.6) is 0 Å². The van der Waals surface area contributed by atoms with Gasteiger partial charge in [0.1, 0.15) is 16.9 Å². The lowest BCUT2D eigenvalue weighted by molar-refractivity contribution is -0.300. The summed E-state index contributed by atoms with van der Waals surface area (Å²) in [6.45, 7) is 18.8. The smallest absolute Gasteiger partial charge is 0.360 e. The first-order valence-electron chi connectivity index (χ1n) is 17.9. The van der Waals surface area contributed by atoms with Gasteiger partial charge in [0.05, 0.1) is 24.8 Å². The van der Waals surface area contributed by atoms with Gasteiger partial charge in [0.2, 0.25) is 0 Å². The lowest BCUT2D eigenvalue weighted by Gasteiger charge is -2.32. The van der Waals surface area contributed by atoms with Gasteiger partial charge in [-0.1, -0.05) is 53.4 Å². The van der Waals surface area contributed by atoms with Crippen molar-refractivity contribution in [2.45, 2.75) is 60.8 Å². The van der Waals surface area contributed by atoms with Crippen LogP contribution in [0, 0.1) is 17.3 Å². The standard InChI is InChI=1S/C44H46Br4O6/c1-25(2)21-51-23-43(5,6)39-17-27(15-37(53-39)29-9-11-33(45)35(47)19-29)13-31-41(49)32(42(31)50)14-28-16-38(30-10-12-34(46)36(48)20-30)54-40(18-28)44(7,8)24-52-22-26(3)4/h9-20,25-26H,21-24H2,1-8H3. The molecule has 0 spiro atoms. The fourth-order valence-corrected chi connectivity index (χ4v) is 6.98. The van der Waals surface area contributed by atoms with Gasteiger partial charge in [0.15, 0.2) is 5.78 Å². The van der Waals surface area contributed by atoms with Gasteiger partial charge in [-0.25, -0.2) is 4.42 Å². The number of hydrogen-bond acceptors (Lipinski definition) is 5. The quantitative estimate of drug-likeness (QED) is 0.118. The summed E-state index contributed by atoms with van der Waals surface area (Å²) in [6, 6.07) is 15.5. The van der Waals surface area contributed by atoms with Crippen LogP contribution >= 0.6 is 63.7 Å². The fourth-order valence-electron chi connectivity index (χ4n) is 5.73. The van der Waals surface area contributed by atoms with Gasteiger partial charge in [0, 0.05) is 59.3 Å². The molecule has 0 saturated carbocycles. The molecule has 0 atom stereocenters. The molecule has 0 N–H and O–H groups in total. The summed E-state index contributed by atoms with van der Waals surface area (Å²) in [5, 5.41) is 13.8. The van der Waals surface area contributed by atoms with Gasteiger partial charge in [-0.2, -0.15) is 0 Å². The Morgan fingerprint density at radius 1 is 0.759 bits per heavy atom. The van der Waals surface area contributed by atoms with E-state index in [4.69, 9.17) is 18.6 Å².